The molecule has 0 atom stereocenters. The van der Waals surface area contributed by atoms with Gasteiger partial charge in [-0.05, 0) is 97.8 Å². The Morgan fingerprint density at radius 2 is 1.91 bits per heavy atom. The lowest BCUT2D eigenvalue weighted by Gasteiger charge is -2.25. The topological polar surface area (TPSA) is 63.2 Å². The number of rotatable bonds is 8. The molecule has 0 aliphatic carbocycles. The molecule has 32 heavy (non-hydrogen) atoms. The summed E-state index contributed by atoms with van der Waals surface area (Å²) in [6.45, 7) is 4.79. The van der Waals surface area contributed by atoms with Gasteiger partial charge < -0.3 is 15.4 Å². The highest BCUT2D eigenvalue weighted by atomic mass is 16.5. The van der Waals surface area contributed by atoms with Crippen LogP contribution in [0.5, 0.6) is 5.75 Å². The number of hydrogen-bond acceptors (Lipinski definition) is 4. The lowest BCUT2D eigenvalue weighted by atomic mass is 9.87. The fourth-order valence-corrected chi connectivity index (χ4v) is 4.21. The molecule has 166 valence electrons. The molecular formula is C27H31N3O2. The Hall–Kier alpha value is -3.18. The number of piperidine rings is 1. The third-order valence-electron chi connectivity index (χ3n) is 6.01. The van der Waals surface area contributed by atoms with Gasteiger partial charge in [0.1, 0.15) is 5.75 Å². The van der Waals surface area contributed by atoms with E-state index in [1.165, 1.54) is 11.1 Å². The lowest BCUT2D eigenvalue weighted by Crippen LogP contribution is -2.27. The predicted molar refractivity (Wildman–Crippen MR) is 129 cm³/mol. The maximum atomic E-state index is 12.4. The molecule has 1 amide bonds. The van der Waals surface area contributed by atoms with Crippen LogP contribution in [0.15, 0.2) is 67.0 Å². The highest BCUT2D eigenvalue weighted by Crippen LogP contribution is 2.30. The number of aryl methyl sites for hydroxylation is 1. The fraction of sp³-hybridized carbons (Fsp3) is 0.333. The molecule has 2 N–H and O–H groups in total. The molecule has 1 aliphatic rings. The number of carbonyl (C=O) groups is 1. The third-order valence-corrected chi connectivity index (χ3v) is 6.01. The summed E-state index contributed by atoms with van der Waals surface area (Å²) in [4.78, 5) is 16.6. The van der Waals surface area contributed by atoms with E-state index in [1.807, 2.05) is 48.7 Å². The molecule has 0 saturated carbocycles. The average Bonchev–Trinajstić information content (AvgIpc) is 2.84. The molecule has 1 saturated heterocycles. The van der Waals surface area contributed by atoms with Gasteiger partial charge in [0.2, 0.25) is 5.91 Å². The number of benzene rings is 2. The summed E-state index contributed by atoms with van der Waals surface area (Å²) < 4.78 is 5.81. The number of anilines is 1. The van der Waals surface area contributed by atoms with Crippen molar-refractivity contribution in [3.05, 3.63) is 78.1 Å². The van der Waals surface area contributed by atoms with Gasteiger partial charge in [-0.25, -0.2) is 0 Å². The Balaban J connectivity index is 1.22. The zero-order valence-electron chi connectivity index (χ0n) is 18.6. The van der Waals surface area contributed by atoms with Crippen LogP contribution in [0, 0.1) is 6.92 Å². The number of hydrogen-bond donors (Lipinski definition) is 2. The number of ether oxygens (including phenoxy) is 1. The van der Waals surface area contributed by atoms with Crippen LogP contribution in [0.2, 0.25) is 0 Å². The van der Waals surface area contributed by atoms with Gasteiger partial charge in [-0.1, -0.05) is 24.3 Å². The second-order valence-corrected chi connectivity index (χ2v) is 8.36. The van der Waals surface area contributed by atoms with E-state index in [4.69, 9.17) is 4.74 Å². The van der Waals surface area contributed by atoms with Crippen LogP contribution >= 0.6 is 0 Å². The van der Waals surface area contributed by atoms with E-state index in [0.717, 1.165) is 48.5 Å². The van der Waals surface area contributed by atoms with Crippen molar-refractivity contribution in [2.75, 3.05) is 25.0 Å². The minimum absolute atomic E-state index is 0.0284. The Bertz CT molecular complexity index is 1010. The van der Waals surface area contributed by atoms with Crippen LogP contribution < -0.4 is 15.4 Å². The highest BCUT2D eigenvalue weighted by Gasteiger charge is 2.17. The van der Waals surface area contributed by atoms with Crippen molar-refractivity contribution in [1.29, 1.82) is 0 Å². The van der Waals surface area contributed by atoms with Crippen LogP contribution in [0.3, 0.4) is 0 Å². The first-order valence-electron chi connectivity index (χ1n) is 11.4. The molecule has 1 aliphatic heterocycles. The zero-order valence-corrected chi connectivity index (χ0v) is 18.6. The molecule has 0 bridgehead atoms. The van der Waals surface area contributed by atoms with E-state index in [1.54, 1.807) is 6.20 Å². The quantitative estimate of drug-likeness (QED) is 0.476. The molecule has 3 aromatic rings. The van der Waals surface area contributed by atoms with Gasteiger partial charge in [0.25, 0.3) is 0 Å². The van der Waals surface area contributed by atoms with E-state index >= 15 is 0 Å². The van der Waals surface area contributed by atoms with E-state index in [0.29, 0.717) is 25.4 Å². The average molecular weight is 430 g/mol. The second-order valence-electron chi connectivity index (χ2n) is 8.36. The number of amides is 1. The van der Waals surface area contributed by atoms with E-state index in [2.05, 4.69) is 34.7 Å². The van der Waals surface area contributed by atoms with Crippen molar-refractivity contribution in [2.24, 2.45) is 0 Å². The maximum absolute atomic E-state index is 12.4. The zero-order chi connectivity index (χ0) is 22.2. The minimum Gasteiger partial charge on any atom is -0.494 e. The summed E-state index contributed by atoms with van der Waals surface area (Å²) in [5.41, 5.74) is 5.74. The third kappa shape index (κ3) is 5.95. The molecule has 2 aromatic carbocycles. The first-order chi connectivity index (χ1) is 15.7. The van der Waals surface area contributed by atoms with E-state index in [-0.39, 0.29) is 5.91 Å². The highest BCUT2D eigenvalue weighted by molar-refractivity contribution is 5.90. The molecule has 0 spiro atoms. The minimum atomic E-state index is 0.0284. The smallest absolute Gasteiger partial charge is 0.224 e. The Kier molecular flexibility index (Phi) is 7.51. The monoisotopic (exact) mass is 429 g/mol. The normalized spacial score (nSPS) is 14.2. The van der Waals surface area contributed by atoms with Crippen molar-refractivity contribution in [2.45, 2.75) is 38.5 Å². The van der Waals surface area contributed by atoms with Gasteiger partial charge in [-0.3, -0.25) is 9.78 Å². The van der Waals surface area contributed by atoms with Gasteiger partial charge in [0.15, 0.2) is 0 Å². The van der Waals surface area contributed by atoms with Gasteiger partial charge in [0, 0.05) is 24.5 Å². The molecule has 1 aromatic heterocycles. The van der Waals surface area contributed by atoms with Crippen molar-refractivity contribution in [3.8, 4) is 16.9 Å². The first-order valence-corrected chi connectivity index (χ1v) is 11.4. The number of pyridine rings is 1. The first kappa shape index (κ1) is 22.0. The van der Waals surface area contributed by atoms with Crippen LogP contribution in [0.1, 0.15) is 42.7 Å². The summed E-state index contributed by atoms with van der Waals surface area (Å²) in [6.07, 6.45) is 7.02. The van der Waals surface area contributed by atoms with Crippen LogP contribution in [-0.4, -0.2) is 30.6 Å². The number of aromatic nitrogens is 1. The lowest BCUT2D eigenvalue weighted by molar-refractivity contribution is -0.116. The SMILES string of the molecule is Cc1ccc(NC(=O)CCCOc2ccc(-c3cccnc3)cc2)cc1C1CCNCC1. The maximum Gasteiger partial charge on any atom is 0.224 e. The summed E-state index contributed by atoms with van der Waals surface area (Å²) in [6, 6.07) is 18.2. The van der Waals surface area contributed by atoms with Crippen LogP contribution in [0.25, 0.3) is 11.1 Å². The summed E-state index contributed by atoms with van der Waals surface area (Å²) in [7, 11) is 0. The summed E-state index contributed by atoms with van der Waals surface area (Å²) in [5.74, 6) is 1.41. The Morgan fingerprint density at radius 3 is 2.66 bits per heavy atom. The van der Waals surface area contributed by atoms with Crippen LogP contribution in [-0.2, 0) is 4.79 Å². The largest absolute Gasteiger partial charge is 0.494 e. The van der Waals surface area contributed by atoms with Crippen molar-refractivity contribution in [3.63, 3.8) is 0 Å². The molecule has 4 rings (SSSR count). The van der Waals surface area contributed by atoms with Crippen molar-refractivity contribution >= 4 is 11.6 Å². The Morgan fingerprint density at radius 1 is 1.09 bits per heavy atom. The molecule has 5 nitrogen and oxygen atoms in total. The second kappa shape index (κ2) is 10.9. The van der Waals surface area contributed by atoms with E-state index in [9.17, 15) is 4.79 Å². The van der Waals surface area contributed by atoms with Crippen molar-refractivity contribution < 1.29 is 9.53 Å². The summed E-state index contributed by atoms with van der Waals surface area (Å²) >= 11 is 0. The summed E-state index contributed by atoms with van der Waals surface area (Å²) in [5, 5.41) is 6.47. The number of nitrogens with zero attached hydrogens (tertiary/aromatic N) is 1. The van der Waals surface area contributed by atoms with Gasteiger partial charge in [0.05, 0.1) is 6.61 Å². The number of nitrogens with one attached hydrogen (secondary N) is 2. The van der Waals surface area contributed by atoms with Gasteiger partial charge in [-0.2, -0.15) is 0 Å². The van der Waals surface area contributed by atoms with Gasteiger partial charge >= 0.3 is 0 Å². The Labute approximate surface area is 190 Å². The molecule has 0 unspecified atom stereocenters. The standard InChI is InChI=1S/C27H31N3O2/c1-20-6-9-24(18-26(20)22-12-15-28-16-13-22)30-27(31)5-3-17-32-25-10-7-21(8-11-25)23-4-2-14-29-19-23/h2,4,6-11,14,18-19,22,28H,3,5,12-13,15-17H2,1H3,(H,30,31). The molecular weight excluding hydrogens is 398 g/mol. The molecule has 0 radical (unpaired) electrons. The molecule has 2 heterocycles. The molecule has 5 heteroatoms. The van der Waals surface area contributed by atoms with Crippen LogP contribution in [0.4, 0.5) is 5.69 Å². The molecule has 1 fully saturated rings. The van der Waals surface area contributed by atoms with Crippen molar-refractivity contribution in [1.82, 2.24) is 10.3 Å². The fourth-order valence-electron chi connectivity index (χ4n) is 4.21. The van der Waals surface area contributed by atoms with Gasteiger partial charge in [-0.15, -0.1) is 0 Å². The predicted octanol–water partition coefficient (Wildman–Crippen LogP) is 5.32. The number of carbonyl (C=O) groups excluding carboxylic acids is 1. The van der Waals surface area contributed by atoms with E-state index < -0.39 is 0 Å².